The van der Waals surface area contributed by atoms with E-state index < -0.39 is 18.1 Å². The lowest BCUT2D eigenvalue weighted by Crippen LogP contribution is -2.44. The van der Waals surface area contributed by atoms with Crippen LogP contribution in [0.2, 0.25) is 0 Å². The summed E-state index contributed by atoms with van der Waals surface area (Å²) < 4.78 is 0. The molecule has 1 heterocycles. The quantitative estimate of drug-likeness (QED) is 0.868. The first-order valence-corrected chi connectivity index (χ1v) is 7.15. The number of hydrogen-bond donors (Lipinski definition) is 2. The van der Waals surface area contributed by atoms with E-state index in [1.807, 2.05) is 19.2 Å². The van der Waals surface area contributed by atoms with Crippen LogP contribution in [0.15, 0.2) is 5.38 Å². The Morgan fingerprint density at radius 2 is 2.06 bits per heavy atom. The minimum Gasteiger partial charge on any atom is -0.392 e. The van der Waals surface area contributed by atoms with Crippen LogP contribution in [0.25, 0.3) is 0 Å². The summed E-state index contributed by atoms with van der Waals surface area (Å²) in [7, 11) is 0. The summed E-state index contributed by atoms with van der Waals surface area (Å²) in [5.41, 5.74) is 0.737. The van der Waals surface area contributed by atoms with Gasteiger partial charge in [-0.15, -0.1) is 11.3 Å². The smallest absolute Gasteiger partial charge is 0.147 e. The van der Waals surface area contributed by atoms with E-state index in [-0.39, 0.29) is 18.1 Å². The Balaban J connectivity index is 2.03. The number of thiazole rings is 1. The summed E-state index contributed by atoms with van der Waals surface area (Å²) in [5.74, 6) is -0.490. The number of aryl methyl sites for hydroxylation is 1. The molecule has 0 spiro atoms. The number of aliphatic hydroxyl groups is 2. The number of rotatable bonds is 3. The van der Waals surface area contributed by atoms with Crippen molar-refractivity contribution in [2.45, 2.75) is 45.3 Å². The Bertz CT molecular complexity index is 420. The van der Waals surface area contributed by atoms with Crippen LogP contribution in [0.1, 0.15) is 30.5 Å². The van der Waals surface area contributed by atoms with Gasteiger partial charge in [0.15, 0.2) is 0 Å². The second kappa shape index (κ2) is 5.47. The van der Waals surface area contributed by atoms with Crippen molar-refractivity contribution in [3.05, 3.63) is 16.1 Å². The van der Waals surface area contributed by atoms with E-state index in [4.69, 9.17) is 0 Å². The zero-order valence-corrected chi connectivity index (χ0v) is 11.5. The molecule has 2 rings (SSSR count). The molecule has 1 aromatic heterocycles. The van der Waals surface area contributed by atoms with E-state index in [9.17, 15) is 15.0 Å². The number of carbonyl (C=O) groups is 1. The summed E-state index contributed by atoms with van der Waals surface area (Å²) in [5, 5.41) is 22.7. The molecule has 2 N–H and O–H groups in total. The topological polar surface area (TPSA) is 70.4 Å². The Labute approximate surface area is 111 Å². The average molecular weight is 269 g/mol. The molecule has 5 heteroatoms. The predicted octanol–water partition coefficient (Wildman–Crippen LogP) is 1.33. The van der Waals surface area contributed by atoms with Crippen LogP contribution in [0, 0.1) is 18.8 Å². The fraction of sp³-hybridized carbons (Fsp3) is 0.692. The van der Waals surface area contributed by atoms with Gasteiger partial charge in [0.05, 0.1) is 35.2 Å². The number of Topliss-reactive ketones (excluding diaryl/α,β-unsaturated/α-hetero) is 1. The van der Waals surface area contributed by atoms with Gasteiger partial charge in [0.2, 0.25) is 0 Å². The van der Waals surface area contributed by atoms with Crippen molar-refractivity contribution in [3.63, 3.8) is 0 Å². The number of carbonyl (C=O) groups excluding carboxylic acids is 1. The number of ketones is 1. The van der Waals surface area contributed by atoms with E-state index in [0.29, 0.717) is 12.8 Å². The second-order valence-corrected chi connectivity index (χ2v) is 6.30. The van der Waals surface area contributed by atoms with Gasteiger partial charge in [-0.25, -0.2) is 4.98 Å². The molecule has 1 saturated carbocycles. The van der Waals surface area contributed by atoms with Crippen LogP contribution in [-0.4, -0.2) is 33.2 Å². The SMILES string of the molecule is Cc1nc(CC(=O)C2C(O)CC(C)CC2O)cs1. The van der Waals surface area contributed by atoms with Gasteiger partial charge in [-0.3, -0.25) is 4.79 Å². The minimum atomic E-state index is -0.726. The number of aromatic nitrogens is 1. The summed E-state index contributed by atoms with van der Waals surface area (Å²) in [4.78, 5) is 16.4. The summed E-state index contributed by atoms with van der Waals surface area (Å²) in [6.45, 7) is 3.88. The first-order chi connectivity index (χ1) is 8.47. The third-order valence-corrected chi connectivity index (χ3v) is 4.33. The van der Waals surface area contributed by atoms with Crippen molar-refractivity contribution in [1.82, 2.24) is 4.98 Å². The van der Waals surface area contributed by atoms with Gasteiger partial charge in [-0.2, -0.15) is 0 Å². The van der Waals surface area contributed by atoms with Crippen LogP contribution in [-0.2, 0) is 11.2 Å². The van der Waals surface area contributed by atoms with Crippen molar-refractivity contribution >= 4 is 17.1 Å². The molecule has 2 atom stereocenters. The molecule has 1 aliphatic carbocycles. The van der Waals surface area contributed by atoms with Crippen LogP contribution in [0.3, 0.4) is 0 Å². The standard InChI is InChI=1S/C13H19NO3S/c1-7-3-10(15)13(11(16)4-7)12(17)5-9-6-18-8(2)14-9/h6-7,10-11,13,15-16H,3-5H2,1-2H3. The molecular formula is C13H19NO3S. The molecule has 1 aromatic rings. The van der Waals surface area contributed by atoms with E-state index in [2.05, 4.69) is 4.98 Å². The molecule has 0 bridgehead atoms. The molecule has 0 aliphatic heterocycles. The Morgan fingerprint density at radius 1 is 1.44 bits per heavy atom. The Kier molecular flexibility index (Phi) is 4.14. The molecule has 0 amide bonds. The first kappa shape index (κ1) is 13.6. The maximum atomic E-state index is 12.1. The van der Waals surface area contributed by atoms with E-state index in [0.717, 1.165) is 10.7 Å². The molecular weight excluding hydrogens is 250 g/mol. The van der Waals surface area contributed by atoms with E-state index >= 15 is 0 Å². The molecule has 4 nitrogen and oxygen atoms in total. The predicted molar refractivity (Wildman–Crippen MR) is 69.5 cm³/mol. The highest BCUT2D eigenvalue weighted by Crippen LogP contribution is 2.30. The van der Waals surface area contributed by atoms with Crippen molar-refractivity contribution in [3.8, 4) is 0 Å². The number of nitrogens with zero attached hydrogens (tertiary/aromatic N) is 1. The third kappa shape index (κ3) is 2.96. The Morgan fingerprint density at radius 3 is 2.56 bits per heavy atom. The fourth-order valence-electron chi connectivity index (χ4n) is 2.69. The lowest BCUT2D eigenvalue weighted by atomic mass is 9.76. The van der Waals surface area contributed by atoms with Crippen molar-refractivity contribution in [2.24, 2.45) is 11.8 Å². The normalized spacial score (nSPS) is 32.4. The maximum Gasteiger partial charge on any atom is 0.147 e. The van der Waals surface area contributed by atoms with Gasteiger partial charge in [0, 0.05) is 5.38 Å². The average Bonchev–Trinajstić information content (AvgIpc) is 2.62. The largest absolute Gasteiger partial charge is 0.392 e. The molecule has 0 radical (unpaired) electrons. The summed E-state index contributed by atoms with van der Waals surface area (Å²) in [6, 6.07) is 0. The lowest BCUT2D eigenvalue weighted by molar-refractivity contribution is -0.135. The zero-order chi connectivity index (χ0) is 13.3. The Hall–Kier alpha value is -0.780. The van der Waals surface area contributed by atoms with E-state index in [1.54, 1.807) is 0 Å². The third-order valence-electron chi connectivity index (χ3n) is 3.51. The van der Waals surface area contributed by atoms with Crippen molar-refractivity contribution in [2.75, 3.05) is 0 Å². The highest BCUT2D eigenvalue weighted by Gasteiger charge is 2.38. The van der Waals surface area contributed by atoms with E-state index in [1.165, 1.54) is 11.3 Å². The highest BCUT2D eigenvalue weighted by molar-refractivity contribution is 7.09. The van der Waals surface area contributed by atoms with Crippen LogP contribution in [0.5, 0.6) is 0 Å². The monoisotopic (exact) mass is 269 g/mol. The van der Waals surface area contributed by atoms with Crippen molar-refractivity contribution in [1.29, 1.82) is 0 Å². The van der Waals surface area contributed by atoms with Gasteiger partial charge < -0.3 is 10.2 Å². The fourth-order valence-corrected chi connectivity index (χ4v) is 3.30. The summed E-state index contributed by atoms with van der Waals surface area (Å²) >= 11 is 1.51. The van der Waals surface area contributed by atoms with Crippen LogP contribution < -0.4 is 0 Å². The summed E-state index contributed by atoms with van der Waals surface area (Å²) in [6.07, 6.45) is -0.0723. The molecule has 0 saturated heterocycles. The minimum absolute atomic E-state index is 0.104. The molecule has 1 aliphatic rings. The van der Waals surface area contributed by atoms with Gasteiger partial charge in [0.25, 0.3) is 0 Å². The van der Waals surface area contributed by atoms with Gasteiger partial charge in [-0.05, 0) is 25.7 Å². The molecule has 0 aromatic carbocycles. The molecule has 1 fully saturated rings. The zero-order valence-electron chi connectivity index (χ0n) is 10.7. The molecule has 100 valence electrons. The van der Waals surface area contributed by atoms with Gasteiger partial charge in [-0.1, -0.05) is 6.92 Å². The molecule has 18 heavy (non-hydrogen) atoms. The van der Waals surface area contributed by atoms with Gasteiger partial charge in [0.1, 0.15) is 5.78 Å². The lowest BCUT2D eigenvalue weighted by Gasteiger charge is -2.34. The molecule has 2 unspecified atom stereocenters. The maximum absolute atomic E-state index is 12.1. The highest BCUT2D eigenvalue weighted by atomic mass is 32.1. The van der Waals surface area contributed by atoms with Crippen LogP contribution in [0.4, 0.5) is 0 Å². The van der Waals surface area contributed by atoms with Gasteiger partial charge >= 0.3 is 0 Å². The van der Waals surface area contributed by atoms with Crippen LogP contribution >= 0.6 is 11.3 Å². The number of aliphatic hydroxyl groups excluding tert-OH is 2. The second-order valence-electron chi connectivity index (χ2n) is 5.24. The van der Waals surface area contributed by atoms with Crippen molar-refractivity contribution < 1.29 is 15.0 Å². The first-order valence-electron chi connectivity index (χ1n) is 6.27. The number of hydrogen-bond acceptors (Lipinski definition) is 5.